The van der Waals surface area contributed by atoms with E-state index in [2.05, 4.69) is 10.6 Å². The van der Waals surface area contributed by atoms with Crippen LogP contribution >= 0.6 is 0 Å². The molecule has 2 aliphatic rings. The quantitative estimate of drug-likeness (QED) is 0.553. The Kier molecular flexibility index (Phi) is 6.31. The molecular weight excluding hydrogens is 445 g/mol. The molecule has 0 bridgehead atoms. The van der Waals surface area contributed by atoms with Gasteiger partial charge in [0.2, 0.25) is 11.8 Å². The summed E-state index contributed by atoms with van der Waals surface area (Å²) in [5.74, 6) is -1.03. The number of para-hydroxylation sites is 1. The van der Waals surface area contributed by atoms with Gasteiger partial charge in [0.15, 0.2) is 0 Å². The number of rotatable bonds is 5. The number of hydrogen-bond donors (Lipinski definition) is 2. The molecule has 0 saturated carbocycles. The Morgan fingerprint density at radius 3 is 2.66 bits per heavy atom. The number of amides is 3. The van der Waals surface area contributed by atoms with Crippen LogP contribution in [0.1, 0.15) is 40.7 Å². The van der Waals surface area contributed by atoms with Crippen molar-refractivity contribution in [1.29, 1.82) is 0 Å². The monoisotopic (exact) mass is 471 g/mol. The van der Waals surface area contributed by atoms with E-state index in [9.17, 15) is 18.8 Å². The fraction of sp³-hybridized carbons (Fsp3) is 0.250. The van der Waals surface area contributed by atoms with Gasteiger partial charge in [-0.25, -0.2) is 4.39 Å². The van der Waals surface area contributed by atoms with Crippen molar-refractivity contribution in [3.05, 3.63) is 89.2 Å². The van der Waals surface area contributed by atoms with E-state index in [0.717, 1.165) is 35.3 Å². The molecule has 0 spiro atoms. The number of carbonyl (C=O) groups is 3. The molecule has 0 fully saturated rings. The van der Waals surface area contributed by atoms with E-state index in [1.54, 1.807) is 4.90 Å². The van der Waals surface area contributed by atoms with Crippen LogP contribution in [0.5, 0.6) is 0 Å². The third-order valence-corrected chi connectivity index (χ3v) is 6.73. The Bertz CT molecular complexity index is 1290. The molecule has 35 heavy (non-hydrogen) atoms. The van der Waals surface area contributed by atoms with Crippen molar-refractivity contribution in [3.63, 3.8) is 0 Å². The average molecular weight is 472 g/mol. The first-order valence-corrected chi connectivity index (χ1v) is 11.9. The summed E-state index contributed by atoms with van der Waals surface area (Å²) in [6.07, 6.45) is 2.89. The topological polar surface area (TPSA) is 78.5 Å². The van der Waals surface area contributed by atoms with Gasteiger partial charge in [0, 0.05) is 41.5 Å². The summed E-state index contributed by atoms with van der Waals surface area (Å²) in [6, 6.07) is 18.7. The smallest absolute Gasteiger partial charge is 0.255 e. The van der Waals surface area contributed by atoms with Gasteiger partial charge in [0.25, 0.3) is 5.91 Å². The molecule has 3 amide bonds. The number of anilines is 3. The van der Waals surface area contributed by atoms with Crippen LogP contribution in [0.2, 0.25) is 0 Å². The number of benzene rings is 3. The Hall–Kier alpha value is -4.00. The zero-order valence-corrected chi connectivity index (χ0v) is 19.2. The van der Waals surface area contributed by atoms with Crippen molar-refractivity contribution >= 4 is 34.8 Å². The number of hydrogen-bond acceptors (Lipinski definition) is 3. The first kappa shape index (κ1) is 22.8. The van der Waals surface area contributed by atoms with Crippen LogP contribution < -0.4 is 15.5 Å². The second-order valence-electron chi connectivity index (χ2n) is 9.00. The maximum atomic E-state index is 13.2. The lowest BCUT2D eigenvalue weighted by atomic mass is 9.89. The van der Waals surface area contributed by atoms with Crippen molar-refractivity contribution in [1.82, 2.24) is 0 Å². The van der Waals surface area contributed by atoms with E-state index in [-0.39, 0.29) is 30.1 Å². The SMILES string of the molecule is O=C(Nc1cccc2c1CCCN2C(=O)CCC1Cc2ccccc2NC1=O)c1ccc(F)cc1. The second kappa shape index (κ2) is 9.70. The second-order valence-corrected chi connectivity index (χ2v) is 9.00. The maximum absolute atomic E-state index is 13.2. The zero-order valence-electron chi connectivity index (χ0n) is 19.2. The Morgan fingerprint density at radius 1 is 1.03 bits per heavy atom. The molecule has 6 nitrogen and oxygen atoms in total. The first-order chi connectivity index (χ1) is 17.0. The minimum absolute atomic E-state index is 0.0281. The lowest BCUT2D eigenvalue weighted by molar-refractivity contribution is -0.121. The molecule has 0 aromatic heterocycles. The third kappa shape index (κ3) is 4.80. The predicted octanol–water partition coefficient (Wildman–Crippen LogP) is 4.95. The molecule has 7 heteroatoms. The molecule has 3 aromatic rings. The van der Waals surface area contributed by atoms with Gasteiger partial charge in [0.1, 0.15) is 5.82 Å². The maximum Gasteiger partial charge on any atom is 0.255 e. The van der Waals surface area contributed by atoms with Gasteiger partial charge < -0.3 is 15.5 Å². The van der Waals surface area contributed by atoms with Crippen molar-refractivity contribution in [2.45, 2.75) is 32.1 Å². The van der Waals surface area contributed by atoms with Gasteiger partial charge in [-0.2, -0.15) is 0 Å². The van der Waals surface area contributed by atoms with Crippen LogP contribution in [0.4, 0.5) is 21.5 Å². The lowest BCUT2D eigenvalue weighted by Gasteiger charge is -2.31. The number of carbonyl (C=O) groups excluding carboxylic acids is 3. The molecule has 2 heterocycles. The van der Waals surface area contributed by atoms with Crippen LogP contribution in [0.15, 0.2) is 66.7 Å². The minimum Gasteiger partial charge on any atom is -0.326 e. The molecule has 2 N–H and O–H groups in total. The van der Waals surface area contributed by atoms with Crippen LogP contribution in [0.25, 0.3) is 0 Å². The van der Waals surface area contributed by atoms with Crippen LogP contribution in [-0.4, -0.2) is 24.3 Å². The fourth-order valence-electron chi connectivity index (χ4n) is 4.88. The van der Waals surface area contributed by atoms with Gasteiger partial charge in [0.05, 0.1) is 0 Å². The summed E-state index contributed by atoms with van der Waals surface area (Å²) in [5.41, 5.74) is 4.65. The van der Waals surface area contributed by atoms with Gasteiger partial charge in [-0.1, -0.05) is 24.3 Å². The summed E-state index contributed by atoms with van der Waals surface area (Å²) in [4.78, 5) is 40.2. The molecule has 1 unspecified atom stereocenters. The van der Waals surface area contributed by atoms with Crippen LogP contribution in [0.3, 0.4) is 0 Å². The van der Waals surface area contributed by atoms with Crippen molar-refractivity contribution in [2.75, 3.05) is 22.1 Å². The van der Waals surface area contributed by atoms with Gasteiger partial charge in [-0.15, -0.1) is 0 Å². The van der Waals surface area contributed by atoms with Gasteiger partial charge in [-0.3, -0.25) is 14.4 Å². The zero-order chi connectivity index (χ0) is 24.4. The van der Waals surface area contributed by atoms with E-state index in [1.807, 2.05) is 42.5 Å². The molecule has 1 atom stereocenters. The lowest BCUT2D eigenvalue weighted by Crippen LogP contribution is -2.37. The largest absolute Gasteiger partial charge is 0.326 e. The summed E-state index contributed by atoms with van der Waals surface area (Å²) in [5, 5.41) is 5.86. The molecule has 0 aliphatic carbocycles. The number of fused-ring (bicyclic) bond motifs is 2. The Balaban J connectivity index is 1.28. The van der Waals surface area contributed by atoms with Crippen LogP contribution in [0, 0.1) is 11.7 Å². The van der Waals surface area contributed by atoms with Gasteiger partial charge in [-0.05, 0) is 79.3 Å². The van der Waals surface area contributed by atoms with Crippen LogP contribution in [-0.2, 0) is 22.4 Å². The van der Waals surface area contributed by atoms with E-state index in [4.69, 9.17) is 0 Å². The number of nitrogens with one attached hydrogen (secondary N) is 2. The standard InChI is InChI=1S/C28H26FN3O3/c29-21-13-10-18(11-14-21)27(34)31-24-8-3-9-25-22(24)6-4-16-32(25)26(33)15-12-20-17-19-5-1-2-7-23(19)30-28(20)35/h1-3,5,7-11,13-14,20H,4,6,12,15-17H2,(H,30,35)(H,31,34). The average Bonchev–Trinajstić information content (AvgIpc) is 2.87. The highest BCUT2D eigenvalue weighted by molar-refractivity contribution is 6.05. The summed E-state index contributed by atoms with van der Waals surface area (Å²) >= 11 is 0. The molecule has 3 aromatic carbocycles. The molecule has 0 saturated heterocycles. The predicted molar refractivity (Wildman–Crippen MR) is 133 cm³/mol. The minimum atomic E-state index is -0.400. The number of nitrogens with zero attached hydrogens (tertiary/aromatic N) is 1. The normalized spacial score (nSPS) is 16.7. The fourth-order valence-corrected chi connectivity index (χ4v) is 4.88. The summed E-state index contributed by atoms with van der Waals surface area (Å²) < 4.78 is 13.2. The van der Waals surface area contributed by atoms with Crippen molar-refractivity contribution in [2.24, 2.45) is 5.92 Å². The molecular formula is C28H26FN3O3. The summed E-state index contributed by atoms with van der Waals surface area (Å²) in [7, 11) is 0. The highest BCUT2D eigenvalue weighted by Crippen LogP contribution is 2.34. The van der Waals surface area contributed by atoms with E-state index in [0.29, 0.717) is 30.6 Å². The van der Waals surface area contributed by atoms with Crippen molar-refractivity contribution in [3.8, 4) is 0 Å². The first-order valence-electron chi connectivity index (χ1n) is 11.9. The molecule has 0 radical (unpaired) electrons. The third-order valence-electron chi connectivity index (χ3n) is 6.73. The summed E-state index contributed by atoms with van der Waals surface area (Å²) in [6.45, 7) is 0.598. The van der Waals surface area contributed by atoms with E-state index < -0.39 is 5.82 Å². The number of halogens is 1. The van der Waals surface area contributed by atoms with E-state index in [1.165, 1.54) is 24.3 Å². The molecule has 178 valence electrons. The van der Waals surface area contributed by atoms with E-state index >= 15 is 0 Å². The highest BCUT2D eigenvalue weighted by Gasteiger charge is 2.29. The highest BCUT2D eigenvalue weighted by atomic mass is 19.1. The molecule has 2 aliphatic heterocycles. The van der Waals surface area contributed by atoms with Crippen molar-refractivity contribution < 1.29 is 18.8 Å². The molecule has 5 rings (SSSR count). The van der Waals surface area contributed by atoms with Gasteiger partial charge >= 0.3 is 0 Å². The Morgan fingerprint density at radius 2 is 1.83 bits per heavy atom. The Labute approximate surface area is 203 Å².